The van der Waals surface area contributed by atoms with Crippen molar-refractivity contribution in [3.63, 3.8) is 0 Å². The summed E-state index contributed by atoms with van der Waals surface area (Å²) in [5.74, 6) is 1.79. The molecule has 0 spiro atoms. The van der Waals surface area contributed by atoms with E-state index < -0.39 is 0 Å². The summed E-state index contributed by atoms with van der Waals surface area (Å²) in [4.78, 5) is 20.0. The molecule has 3 aromatic heterocycles. The smallest absolute Gasteiger partial charge is 0.273 e. The molecule has 9 heteroatoms. The van der Waals surface area contributed by atoms with Crippen LogP contribution in [0.15, 0.2) is 67.1 Å². The Balaban J connectivity index is 1.34. The molecule has 0 aliphatic heterocycles. The number of carbonyl (C=O) groups is 1. The van der Waals surface area contributed by atoms with E-state index in [2.05, 4.69) is 25.5 Å². The summed E-state index contributed by atoms with van der Waals surface area (Å²) in [6, 6.07) is 14.8. The van der Waals surface area contributed by atoms with Crippen molar-refractivity contribution in [2.24, 2.45) is 0 Å². The highest BCUT2D eigenvalue weighted by molar-refractivity contribution is 6.03. The molecule has 0 saturated heterocycles. The van der Waals surface area contributed by atoms with Crippen molar-refractivity contribution >= 4 is 34.8 Å². The molecule has 0 radical (unpaired) electrons. The minimum atomic E-state index is -0.215. The number of fused-ring (bicyclic) bond motifs is 1. The fourth-order valence-electron chi connectivity index (χ4n) is 3.65. The van der Waals surface area contributed by atoms with Crippen LogP contribution in [-0.4, -0.2) is 35.4 Å². The second-order valence-corrected chi connectivity index (χ2v) is 7.67. The molecule has 5 rings (SSSR count). The number of ether oxygens (including phenoxy) is 1. The number of hydrogen-bond acceptors (Lipinski definition) is 5. The van der Waals surface area contributed by atoms with Gasteiger partial charge in [0.1, 0.15) is 23.0 Å². The lowest BCUT2D eigenvalue weighted by Gasteiger charge is -2.10. The van der Waals surface area contributed by atoms with E-state index in [1.807, 2.05) is 62.5 Å². The summed E-state index contributed by atoms with van der Waals surface area (Å²) in [6.07, 6.45) is 8.94. The van der Waals surface area contributed by atoms with Gasteiger partial charge < -0.3 is 15.0 Å². The minimum absolute atomic E-state index is 0.215. The molecule has 34 heavy (non-hydrogen) atoms. The molecule has 170 valence electrons. The molecule has 0 atom stereocenters. The maximum Gasteiger partial charge on any atom is 0.273 e. The second kappa shape index (κ2) is 9.07. The van der Waals surface area contributed by atoms with E-state index in [0.29, 0.717) is 29.4 Å². The number of aromatic nitrogens is 6. The van der Waals surface area contributed by atoms with Gasteiger partial charge in [-0.25, -0.2) is 9.67 Å². The molecular formula is C25H23N7O2. The average Bonchev–Trinajstić information content (AvgIpc) is 3.57. The zero-order valence-electron chi connectivity index (χ0n) is 18.8. The number of rotatable bonds is 7. The third-order valence-corrected chi connectivity index (χ3v) is 5.22. The number of amides is 1. The Morgan fingerprint density at radius 3 is 2.88 bits per heavy atom. The highest BCUT2D eigenvalue weighted by atomic mass is 16.5. The number of imidazole rings is 1. The van der Waals surface area contributed by atoms with Gasteiger partial charge in [-0.15, -0.1) is 0 Å². The van der Waals surface area contributed by atoms with Crippen LogP contribution in [0.4, 0.5) is 5.69 Å². The number of benzene rings is 2. The summed E-state index contributed by atoms with van der Waals surface area (Å²) >= 11 is 0. The van der Waals surface area contributed by atoms with Crippen molar-refractivity contribution in [3.05, 3.63) is 84.3 Å². The highest BCUT2D eigenvalue weighted by Gasteiger charge is 2.14. The summed E-state index contributed by atoms with van der Waals surface area (Å²) in [5, 5.41) is 12.7. The fourth-order valence-corrected chi connectivity index (χ4v) is 3.65. The summed E-state index contributed by atoms with van der Waals surface area (Å²) < 4.78 is 9.53. The number of aryl methyl sites for hydroxylation is 2. The monoisotopic (exact) mass is 453 g/mol. The molecule has 1 amide bonds. The quantitative estimate of drug-likeness (QED) is 0.363. The van der Waals surface area contributed by atoms with Gasteiger partial charge in [0.15, 0.2) is 0 Å². The van der Waals surface area contributed by atoms with Crippen LogP contribution in [0, 0.1) is 6.92 Å². The van der Waals surface area contributed by atoms with Crippen LogP contribution in [0.3, 0.4) is 0 Å². The van der Waals surface area contributed by atoms with Gasteiger partial charge in [0.2, 0.25) is 0 Å². The van der Waals surface area contributed by atoms with Crippen molar-refractivity contribution in [1.82, 2.24) is 29.5 Å². The molecule has 0 bridgehead atoms. The van der Waals surface area contributed by atoms with E-state index in [-0.39, 0.29) is 5.91 Å². The van der Waals surface area contributed by atoms with Crippen LogP contribution in [0.5, 0.6) is 11.5 Å². The van der Waals surface area contributed by atoms with Crippen LogP contribution in [0.2, 0.25) is 0 Å². The normalized spacial score (nSPS) is 11.4. The molecule has 0 unspecified atom stereocenters. The van der Waals surface area contributed by atoms with Gasteiger partial charge in [-0.3, -0.25) is 9.48 Å². The lowest BCUT2D eigenvalue weighted by Crippen LogP contribution is -2.17. The number of aromatic amines is 1. The zero-order valence-corrected chi connectivity index (χ0v) is 18.8. The molecule has 2 N–H and O–H groups in total. The first-order valence-corrected chi connectivity index (χ1v) is 10.9. The minimum Gasteiger partial charge on any atom is -0.457 e. The lowest BCUT2D eigenvalue weighted by molar-refractivity contribution is 0.101. The van der Waals surface area contributed by atoms with Crippen LogP contribution >= 0.6 is 0 Å². The van der Waals surface area contributed by atoms with E-state index in [0.717, 1.165) is 22.4 Å². The third-order valence-electron chi connectivity index (χ3n) is 5.22. The number of carbonyl (C=O) groups excluding carboxylic acids is 1. The van der Waals surface area contributed by atoms with Crippen molar-refractivity contribution in [2.45, 2.75) is 20.4 Å². The van der Waals surface area contributed by atoms with E-state index >= 15 is 0 Å². The third kappa shape index (κ3) is 4.44. The van der Waals surface area contributed by atoms with Gasteiger partial charge in [-0.1, -0.05) is 6.07 Å². The zero-order chi connectivity index (χ0) is 23.5. The Labute approximate surface area is 195 Å². The molecular weight excluding hydrogens is 430 g/mol. The molecule has 0 saturated carbocycles. The van der Waals surface area contributed by atoms with E-state index in [4.69, 9.17) is 4.74 Å². The largest absolute Gasteiger partial charge is 0.457 e. The Bertz CT molecular complexity index is 1480. The predicted molar refractivity (Wildman–Crippen MR) is 131 cm³/mol. The SMILES string of the molecule is CCn1nc(C)cc1C(=O)Nc1cccc(Oc2ccc3cnn(C=Cc4ncc[nH]4)c3c2)c1. The lowest BCUT2D eigenvalue weighted by atomic mass is 10.2. The molecule has 3 heterocycles. The first kappa shape index (κ1) is 21.2. The average molecular weight is 454 g/mol. The molecule has 0 aliphatic carbocycles. The van der Waals surface area contributed by atoms with Crippen LogP contribution < -0.4 is 10.1 Å². The van der Waals surface area contributed by atoms with Gasteiger partial charge in [-0.05, 0) is 50.3 Å². The summed E-state index contributed by atoms with van der Waals surface area (Å²) in [6.45, 7) is 4.44. The number of H-pyrrole nitrogens is 1. The Morgan fingerprint density at radius 1 is 1.18 bits per heavy atom. The van der Waals surface area contributed by atoms with Crippen LogP contribution in [-0.2, 0) is 6.54 Å². The maximum atomic E-state index is 12.7. The van der Waals surface area contributed by atoms with Crippen molar-refractivity contribution in [1.29, 1.82) is 0 Å². The first-order chi connectivity index (χ1) is 16.6. The van der Waals surface area contributed by atoms with E-state index in [1.54, 1.807) is 40.1 Å². The first-order valence-electron chi connectivity index (χ1n) is 10.9. The highest BCUT2D eigenvalue weighted by Crippen LogP contribution is 2.28. The Hall–Kier alpha value is -4.66. The molecule has 0 aliphatic rings. The van der Waals surface area contributed by atoms with Gasteiger partial charge in [0.05, 0.1) is 17.4 Å². The number of anilines is 1. The van der Waals surface area contributed by atoms with Crippen LogP contribution in [0.1, 0.15) is 28.9 Å². The van der Waals surface area contributed by atoms with Crippen molar-refractivity contribution in [2.75, 3.05) is 5.32 Å². The topological polar surface area (TPSA) is 103 Å². The predicted octanol–water partition coefficient (Wildman–Crippen LogP) is 4.96. The number of hydrogen-bond donors (Lipinski definition) is 2. The Kier molecular flexibility index (Phi) is 5.65. The van der Waals surface area contributed by atoms with E-state index in [9.17, 15) is 4.79 Å². The molecule has 5 aromatic rings. The molecule has 2 aromatic carbocycles. The second-order valence-electron chi connectivity index (χ2n) is 7.67. The maximum absolute atomic E-state index is 12.7. The van der Waals surface area contributed by atoms with Gasteiger partial charge in [0.25, 0.3) is 5.91 Å². The van der Waals surface area contributed by atoms with Gasteiger partial charge >= 0.3 is 0 Å². The summed E-state index contributed by atoms with van der Waals surface area (Å²) in [7, 11) is 0. The van der Waals surface area contributed by atoms with Crippen LogP contribution in [0.25, 0.3) is 23.2 Å². The number of nitrogens with one attached hydrogen (secondary N) is 2. The van der Waals surface area contributed by atoms with Gasteiger partial charge in [0, 0.05) is 48.3 Å². The molecule has 0 fully saturated rings. The van der Waals surface area contributed by atoms with Crippen molar-refractivity contribution < 1.29 is 9.53 Å². The van der Waals surface area contributed by atoms with E-state index in [1.165, 1.54) is 0 Å². The van der Waals surface area contributed by atoms with Crippen molar-refractivity contribution in [3.8, 4) is 11.5 Å². The molecule has 9 nitrogen and oxygen atoms in total. The standard InChI is InChI=1S/C25H23N7O2/c1-3-31-23(13-17(2)30-31)25(33)29-19-5-4-6-20(14-19)34-21-8-7-18-16-28-32(22(18)15-21)12-9-24-26-10-11-27-24/h4-16H,3H2,1-2H3,(H,26,27)(H,29,33). The fraction of sp³-hybridized carbons (Fsp3) is 0.120. The number of nitrogens with zero attached hydrogens (tertiary/aromatic N) is 5. The summed E-state index contributed by atoms with van der Waals surface area (Å²) in [5.41, 5.74) is 2.86. The van der Waals surface area contributed by atoms with Gasteiger partial charge in [-0.2, -0.15) is 10.2 Å². The Morgan fingerprint density at radius 2 is 2.06 bits per heavy atom.